The lowest BCUT2D eigenvalue weighted by Crippen LogP contribution is -2.50. The number of piperazine rings is 1. The molecular formula is C18H17BrF2N2O2. The van der Waals surface area contributed by atoms with Crippen LogP contribution in [0.2, 0.25) is 0 Å². The van der Waals surface area contributed by atoms with E-state index in [1.165, 1.54) is 24.3 Å². The highest BCUT2D eigenvalue weighted by Crippen LogP contribution is 2.22. The average molecular weight is 411 g/mol. The lowest BCUT2D eigenvalue weighted by Gasteiger charge is -2.36. The van der Waals surface area contributed by atoms with Crippen LogP contribution < -0.4 is 9.64 Å². The number of amides is 1. The molecule has 25 heavy (non-hydrogen) atoms. The molecule has 1 heterocycles. The van der Waals surface area contributed by atoms with Gasteiger partial charge in [0.25, 0.3) is 5.91 Å². The van der Waals surface area contributed by atoms with Crippen molar-refractivity contribution in [3.63, 3.8) is 0 Å². The molecule has 1 aliphatic heterocycles. The van der Waals surface area contributed by atoms with Crippen molar-refractivity contribution < 1.29 is 18.3 Å². The molecule has 0 unspecified atom stereocenters. The summed E-state index contributed by atoms with van der Waals surface area (Å²) in [7, 11) is 0. The summed E-state index contributed by atoms with van der Waals surface area (Å²) in [5.41, 5.74) is 0.932. The highest BCUT2D eigenvalue weighted by Gasteiger charge is 2.22. The second-order valence-corrected chi connectivity index (χ2v) is 6.62. The number of nitrogens with zero attached hydrogens (tertiary/aromatic N) is 2. The molecule has 7 heteroatoms. The van der Waals surface area contributed by atoms with Gasteiger partial charge in [-0.15, -0.1) is 0 Å². The molecule has 0 bridgehead atoms. The van der Waals surface area contributed by atoms with Crippen molar-refractivity contribution in [2.24, 2.45) is 0 Å². The van der Waals surface area contributed by atoms with E-state index in [0.717, 1.165) is 5.69 Å². The van der Waals surface area contributed by atoms with Crippen molar-refractivity contribution in [2.45, 2.75) is 0 Å². The van der Waals surface area contributed by atoms with Gasteiger partial charge in [0.15, 0.2) is 18.2 Å². The first kappa shape index (κ1) is 17.7. The van der Waals surface area contributed by atoms with Crippen LogP contribution in [0.4, 0.5) is 14.5 Å². The number of benzene rings is 2. The molecule has 0 atom stereocenters. The van der Waals surface area contributed by atoms with Gasteiger partial charge in [-0.05, 0) is 42.5 Å². The Balaban J connectivity index is 1.50. The third-order valence-corrected chi connectivity index (χ3v) is 4.56. The molecule has 0 N–H and O–H groups in total. The van der Waals surface area contributed by atoms with Crippen molar-refractivity contribution in [1.29, 1.82) is 0 Å². The SMILES string of the molecule is O=C(COc1ccc(Br)cc1F)N1CCN(c2ccc(F)cc2)CC1. The van der Waals surface area contributed by atoms with Crippen LogP contribution in [0.5, 0.6) is 5.75 Å². The van der Waals surface area contributed by atoms with Crippen molar-refractivity contribution >= 4 is 27.5 Å². The molecule has 0 aliphatic carbocycles. The Morgan fingerprint density at radius 1 is 1.04 bits per heavy atom. The largest absolute Gasteiger partial charge is 0.481 e. The molecule has 2 aromatic rings. The van der Waals surface area contributed by atoms with Crippen LogP contribution >= 0.6 is 15.9 Å². The topological polar surface area (TPSA) is 32.8 Å². The monoisotopic (exact) mass is 410 g/mol. The van der Waals surface area contributed by atoms with Crippen molar-refractivity contribution in [2.75, 3.05) is 37.7 Å². The number of carbonyl (C=O) groups excluding carboxylic acids is 1. The zero-order valence-electron chi connectivity index (χ0n) is 13.4. The minimum Gasteiger partial charge on any atom is -0.481 e. The van der Waals surface area contributed by atoms with E-state index in [1.54, 1.807) is 23.1 Å². The zero-order valence-corrected chi connectivity index (χ0v) is 15.0. The van der Waals surface area contributed by atoms with Gasteiger partial charge < -0.3 is 14.5 Å². The Bertz CT molecular complexity index is 747. The Morgan fingerprint density at radius 2 is 1.72 bits per heavy atom. The number of carbonyl (C=O) groups is 1. The highest BCUT2D eigenvalue weighted by atomic mass is 79.9. The highest BCUT2D eigenvalue weighted by molar-refractivity contribution is 9.10. The molecule has 3 rings (SSSR count). The molecule has 0 aromatic heterocycles. The number of hydrogen-bond acceptors (Lipinski definition) is 3. The average Bonchev–Trinajstić information content (AvgIpc) is 2.61. The second kappa shape index (κ2) is 7.82. The maximum Gasteiger partial charge on any atom is 0.260 e. The van der Waals surface area contributed by atoms with Gasteiger partial charge in [0.05, 0.1) is 0 Å². The first-order chi connectivity index (χ1) is 12.0. The second-order valence-electron chi connectivity index (χ2n) is 5.71. The van der Waals surface area contributed by atoms with Crippen LogP contribution in [0.25, 0.3) is 0 Å². The van der Waals surface area contributed by atoms with Gasteiger partial charge in [-0.2, -0.15) is 0 Å². The number of anilines is 1. The van der Waals surface area contributed by atoms with Gasteiger partial charge in [0, 0.05) is 36.3 Å². The molecule has 1 fully saturated rings. The van der Waals surface area contributed by atoms with Crippen LogP contribution in [0.1, 0.15) is 0 Å². The summed E-state index contributed by atoms with van der Waals surface area (Å²) in [5.74, 6) is -0.902. The summed E-state index contributed by atoms with van der Waals surface area (Å²) in [5, 5.41) is 0. The predicted octanol–water partition coefficient (Wildman–Crippen LogP) is 3.45. The molecule has 1 saturated heterocycles. The smallest absolute Gasteiger partial charge is 0.260 e. The van der Waals surface area contributed by atoms with E-state index in [2.05, 4.69) is 20.8 Å². The third-order valence-electron chi connectivity index (χ3n) is 4.07. The minimum atomic E-state index is -0.511. The van der Waals surface area contributed by atoms with Crippen LogP contribution in [0, 0.1) is 11.6 Å². The van der Waals surface area contributed by atoms with E-state index in [1.807, 2.05) is 0 Å². The molecule has 132 valence electrons. The van der Waals surface area contributed by atoms with E-state index in [9.17, 15) is 13.6 Å². The lowest BCUT2D eigenvalue weighted by molar-refractivity contribution is -0.133. The molecule has 2 aromatic carbocycles. The summed E-state index contributed by atoms with van der Waals surface area (Å²) in [6.45, 7) is 2.20. The molecule has 0 spiro atoms. The predicted molar refractivity (Wildman–Crippen MR) is 94.8 cm³/mol. The first-order valence-corrected chi connectivity index (χ1v) is 8.68. The number of rotatable bonds is 4. The Hall–Kier alpha value is -2.15. The summed E-state index contributed by atoms with van der Waals surface area (Å²) in [4.78, 5) is 16.0. The molecule has 4 nitrogen and oxygen atoms in total. The Morgan fingerprint density at radius 3 is 2.36 bits per heavy atom. The van der Waals surface area contributed by atoms with Crippen LogP contribution in [0.15, 0.2) is 46.9 Å². The molecular weight excluding hydrogens is 394 g/mol. The summed E-state index contributed by atoms with van der Waals surface area (Å²) < 4.78 is 32.6. The van der Waals surface area contributed by atoms with E-state index in [-0.39, 0.29) is 24.1 Å². The van der Waals surface area contributed by atoms with Crippen molar-refractivity contribution in [1.82, 2.24) is 4.90 Å². The Kier molecular flexibility index (Phi) is 5.53. The Labute approximate surface area is 153 Å². The normalized spacial score (nSPS) is 14.5. The quantitative estimate of drug-likeness (QED) is 0.773. The fourth-order valence-corrected chi connectivity index (χ4v) is 3.02. The standard InChI is InChI=1S/C18H17BrF2N2O2/c19-13-1-6-17(16(21)11-13)25-12-18(24)23-9-7-22(8-10-23)15-4-2-14(20)3-5-15/h1-6,11H,7-10,12H2. The van der Waals surface area contributed by atoms with Crippen molar-refractivity contribution in [3.05, 3.63) is 58.6 Å². The van der Waals surface area contributed by atoms with E-state index in [0.29, 0.717) is 30.7 Å². The van der Waals surface area contributed by atoms with Crippen LogP contribution in [-0.4, -0.2) is 43.6 Å². The van der Waals surface area contributed by atoms with E-state index in [4.69, 9.17) is 4.74 Å². The van der Waals surface area contributed by atoms with Gasteiger partial charge in [-0.25, -0.2) is 8.78 Å². The number of hydrogen-bond donors (Lipinski definition) is 0. The zero-order chi connectivity index (χ0) is 17.8. The number of ether oxygens (including phenoxy) is 1. The van der Waals surface area contributed by atoms with Gasteiger partial charge in [0.1, 0.15) is 5.82 Å². The summed E-state index contributed by atoms with van der Waals surface area (Å²) in [6.07, 6.45) is 0. The molecule has 0 saturated carbocycles. The summed E-state index contributed by atoms with van der Waals surface area (Å²) in [6, 6.07) is 10.7. The van der Waals surface area contributed by atoms with E-state index >= 15 is 0 Å². The first-order valence-electron chi connectivity index (χ1n) is 7.89. The minimum absolute atomic E-state index is 0.0569. The molecule has 1 amide bonds. The maximum absolute atomic E-state index is 13.7. The third kappa shape index (κ3) is 4.48. The van der Waals surface area contributed by atoms with Gasteiger partial charge >= 0.3 is 0 Å². The maximum atomic E-state index is 13.7. The van der Waals surface area contributed by atoms with Crippen LogP contribution in [-0.2, 0) is 4.79 Å². The molecule has 1 aliphatic rings. The van der Waals surface area contributed by atoms with Crippen molar-refractivity contribution in [3.8, 4) is 5.75 Å². The lowest BCUT2D eigenvalue weighted by atomic mass is 10.2. The number of halogens is 3. The van der Waals surface area contributed by atoms with Crippen LogP contribution in [0.3, 0.4) is 0 Å². The van der Waals surface area contributed by atoms with Gasteiger partial charge in [-0.1, -0.05) is 15.9 Å². The van der Waals surface area contributed by atoms with E-state index < -0.39 is 5.82 Å². The van der Waals surface area contributed by atoms with Gasteiger partial charge in [0.2, 0.25) is 0 Å². The summed E-state index contributed by atoms with van der Waals surface area (Å²) >= 11 is 3.17. The molecule has 0 radical (unpaired) electrons. The fraction of sp³-hybridized carbons (Fsp3) is 0.278. The fourth-order valence-electron chi connectivity index (χ4n) is 2.69. The van der Waals surface area contributed by atoms with Gasteiger partial charge in [-0.3, -0.25) is 4.79 Å².